The smallest absolute Gasteiger partial charge is 0.201 e. The topological polar surface area (TPSA) is 56.0 Å². The summed E-state index contributed by atoms with van der Waals surface area (Å²) in [6.45, 7) is 8.74. The maximum Gasteiger partial charge on any atom is 0.201 e. The third-order valence-corrected chi connectivity index (χ3v) is 4.60. The van der Waals surface area contributed by atoms with Crippen LogP contribution in [-0.2, 0) is 15.9 Å². The highest BCUT2D eigenvalue weighted by Crippen LogP contribution is 2.36. The van der Waals surface area contributed by atoms with Crippen molar-refractivity contribution in [3.63, 3.8) is 0 Å². The number of nitrogens with zero attached hydrogens (tertiary/aromatic N) is 2. The lowest BCUT2D eigenvalue weighted by Crippen LogP contribution is -2.19. The molecule has 5 heteroatoms. The Bertz CT molecular complexity index is 777. The molecule has 0 bridgehead atoms. The Morgan fingerprint density at radius 1 is 1.32 bits per heavy atom. The van der Waals surface area contributed by atoms with Gasteiger partial charge < -0.3 is 19.1 Å². The van der Waals surface area contributed by atoms with E-state index in [1.807, 2.05) is 11.5 Å². The minimum atomic E-state index is 0.0299. The number of fused-ring (bicyclic) bond motifs is 1. The molecule has 1 N–H and O–H groups in total. The lowest BCUT2D eigenvalue weighted by atomic mass is 9.99. The summed E-state index contributed by atoms with van der Waals surface area (Å²) in [5, 5.41) is 12.1. The van der Waals surface area contributed by atoms with Gasteiger partial charge in [-0.2, -0.15) is 0 Å². The number of aromatic hydroxyl groups is 1. The summed E-state index contributed by atoms with van der Waals surface area (Å²) in [6, 6.07) is 6.48. The summed E-state index contributed by atoms with van der Waals surface area (Å²) in [7, 11) is 1.68. The second-order valence-corrected chi connectivity index (χ2v) is 7.20. The van der Waals surface area contributed by atoms with Gasteiger partial charge in [0, 0.05) is 12.5 Å². The van der Waals surface area contributed by atoms with Crippen LogP contribution in [0.1, 0.15) is 37.9 Å². The van der Waals surface area contributed by atoms with Crippen LogP contribution < -0.4 is 0 Å². The number of hydrogen-bond donors (Lipinski definition) is 1. The van der Waals surface area contributed by atoms with E-state index in [0.29, 0.717) is 32.3 Å². The first kappa shape index (κ1) is 18.0. The van der Waals surface area contributed by atoms with Gasteiger partial charge in [-0.1, -0.05) is 19.9 Å². The Hall–Kier alpha value is -1.85. The minimum Gasteiger partial charge on any atom is -0.494 e. The molecule has 1 aromatic heterocycles. The van der Waals surface area contributed by atoms with E-state index in [9.17, 15) is 5.11 Å². The molecule has 136 valence electrons. The highest BCUT2D eigenvalue weighted by molar-refractivity contribution is 6.14. The quantitative estimate of drug-likeness (QED) is 0.871. The number of hydrogen-bond acceptors (Lipinski definition) is 4. The predicted molar refractivity (Wildman–Crippen MR) is 101 cm³/mol. The zero-order valence-corrected chi connectivity index (χ0v) is 15.6. The van der Waals surface area contributed by atoms with Gasteiger partial charge >= 0.3 is 0 Å². The third kappa shape index (κ3) is 3.58. The van der Waals surface area contributed by atoms with E-state index < -0.39 is 0 Å². The molecule has 0 saturated heterocycles. The third-order valence-electron chi connectivity index (χ3n) is 4.60. The number of aromatic nitrogens is 1. The van der Waals surface area contributed by atoms with Gasteiger partial charge in [-0.3, -0.25) is 4.99 Å². The molecule has 2 aromatic rings. The molecular weight excluding hydrogens is 316 g/mol. The number of benzene rings is 1. The van der Waals surface area contributed by atoms with Gasteiger partial charge in [0.05, 0.1) is 49.2 Å². The maximum absolute atomic E-state index is 11.0. The van der Waals surface area contributed by atoms with Crippen molar-refractivity contribution in [2.45, 2.75) is 33.2 Å². The highest BCUT2D eigenvalue weighted by atomic mass is 16.5. The molecule has 0 amide bonds. The molecule has 0 spiro atoms. The monoisotopic (exact) mass is 344 g/mol. The molecule has 1 aliphatic heterocycles. The van der Waals surface area contributed by atoms with E-state index in [-0.39, 0.29) is 11.9 Å². The van der Waals surface area contributed by atoms with Gasteiger partial charge in [0.25, 0.3) is 0 Å². The Morgan fingerprint density at radius 3 is 2.76 bits per heavy atom. The molecule has 0 aliphatic carbocycles. The average molecular weight is 344 g/mol. The molecule has 5 nitrogen and oxygen atoms in total. The Morgan fingerprint density at radius 2 is 2.12 bits per heavy atom. The summed E-state index contributed by atoms with van der Waals surface area (Å²) < 4.78 is 12.8. The fourth-order valence-electron chi connectivity index (χ4n) is 3.60. The van der Waals surface area contributed by atoms with Crippen LogP contribution in [0.15, 0.2) is 23.2 Å². The van der Waals surface area contributed by atoms with Crippen LogP contribution in [-0.4, -0.2) is 48.9 Å². The maximum atomic E-state index is 11.0. The van der Waals surface area contributed by atoms with Crippen LogP contribution in [0.2, 0.25) is 0 Å². The minimum absolute atomic E-state index is 0.0299. The second-order valence-electron chi connectivity index (χ2n) is 7.20. The Labute approximate surface area is 149 Å². The number of rotatable bonds is 6. The summed E-state index contributed by atoms with van der Waals surface area (Å²) in [5.41, 5.74) is 3.93. The van der Waals surface area contributed by atoms with Crippen molar-refractivity contribution in [2.75, 3.05) is 33.5 Å². The lowest BCUT2D eigenvalue weighted by molar-refractivity contribution is 0.159. The first-order chi connectivity index (χ1) is 12.0. The van der Waals surface area contributed by atoms with Gasteiger partial charge in [0.2, 0.25) is 5.88 Å². The molecular formula is C20H28N2O3. The fraction of sp³-hybridized carbons (Fsp3) is 0.550. The van der Waals surface area contributed by atoms with Crippen LogP contribution in [0.25, 0.3) is 10.9 Å². The average Bonchev–Trinajstić information content (AvgIpc) is 2.86. The molecule has 1 aliphatic rings. The van der Waals surface area contributed by atoms with E-state index in [0.717, 1.165) is 28.6 Å². The van der Waals surface area contributed by atoms with Gasteiger partial charge in [-0.25, -0.2) is 0 Å². The van der Waals surface area contributed by atoms with E-state index in [1.165, 1.54) is 5.56 Å². The van der Waals surface area contributed by atoms with E-state index >= 15 is 0 Å². The van der Waals surface area contributed by atoms with Gasteiger partial charge in [0.1, 0.15) is 0 Å². The van der Waals surface area contributed by atoms with Crippen molar-refractivity contribution in [3.8, 4) is 5.88 Å². The molecule has 0 saturated carbocycles. The summed E-state index contributed by atoms with van der Waals surface area (Å²) >= 11 is 0. The summed E-state index contributed by atoms with van der Waals surface area (Å²) in [6.07, 6.45) is 1.01. The predicted octanol–water partition coefficient (Wildman–Crippen LogP) is 3.57. The Balaban J connectivity index is 2.19. The molecule has 0 fully saturated rings. The van der Waals surface area contributed by atoms with Crippen molar-refractivity contribution in [2.24, 2.45) is 10.9 Å². The summed E-state index contributed by atoms with van der Waals surface area (Å²) in [5.74, 6) is 0.838. The molecule has 1 atom stereocenters. The van der Waals surface area contributed by atoms with Gasteiger partial charge in [-0.15, -0.1) is 0 Å². The van der Waals surface area contributed by atoms with Crippen LogP contribution in [0.3, 0.4) is 0 Å². The van der Waals surface area contributed by atoms with Crippen LogP contribution >= 0.6 is 0 Å². The molecule has 1 aromatic carbocycles. The number of aliphatic imine (C=N–C) groups is 1. The normalized spacial score (nSPS) is 16.4. The first-order valence-corrected chi connectivity index (χ1v) is 8.99. The van der Waals surface area contributed by atoms with Crippen LogP contribution in [0.4, 0.5) is 0 Å². The zero-order valence-electron chi connectivity index (χ0n) is 15.6. The zero-order chi connectivity index (χ0) is 18.0. The largest absolute Gasteiger partial charge is 0.494 e. The van der Waals surface area contributed by atoms with Crippen molar-refractivity contribution in [1.82, 2.24) is 4.57 Å². The van der Waals surface area contributed by atoms with Crippen molar-refractivity contribution in [3.05, 3.63) is 29.3 Å². The Kier molecular flexibility index (Phi) is 5.45. The van der Waals surface area contributed by atoms with Gasteiger partial charge in [0.15, 0.2) is 0 Å². The standard InChI is InChI=1S/C20H28N2O3/c1-13(2)9-15-5-6-18-16(10-15)19(17-12-25-8-7-21-17)20(23)22(18)14(3)11-24-4/h5-6,10,13-14,23H,7-9,11-12H2,1-4H3. The number of methoxy groups -OCH3 is 1. The summed E-state index contributed by atoms with van der Waals surface area (Å²) in [4.78, 5) is 4.61. The fourth-order valence-corrected chi connectivity index (χ4v) is 3.60. The van der Waals surface area contributed by atoms with Crippen molar-refractivity contribution < 1.29 is 14.6 Å². The highest BCUT2D eigenvalue weighted by Gasteiger charge is 2.24. The van der Waals surface area contributed by atoms with E-state index in [2.05, 4.69) is 37.0 Å². The lowest BCUT2D eigenvalue weighted by Gasteiger charge is -2.16. The molecule has 2 heterocycles. The first-order valence-electron chi connectivity index (χ1n) is 8.99. The molecule has 0 radical (unpaired) electrons. The van der Waals surface area contributed by atoms with Crippen molar-refractivity contribution >= 4 is 16.6 Å². The van der Waals surface area contributed by atoms with Gasteiger partial charge in [-0.05, 0) is 37.0 Å². The van der Waals surface area contributed by atoms with Crippen LogP contribution in [0, 0.1) is 5.92 Å². The number of ether oxygens (including phenoxy) is 2. The van der Waals surface area contributed by atoms with E-state index in [4.69, 9.17) is 9.47 Å². The van der Waals surface area contributed by atoms with Crippen molar-refractivity contribution in [1.29, 1.82) is 0 Å². The second kappa shape index (κ2) is 7.58. The molecule has 25 heavy (non-hydrogen) atoms. The molecule has 1 unspecified atom stereocenters. The van der Waals surface area contributed by atoms with E-state index in [1.54, 1.807) is 7.11 Å². The SMILES string of the molecule is COCC(C)n1c(O)c(C2=NCCOC2)c2cc(CC(C)C)ccc21. The molecule has 3 rings (SSSR count). The van der Waals surface area contributed by atoms with Crippen LogP contribution in [0.5, 0.6) is 5.88 Å².